The largest absolute Gasteiger partial charge is 0.359 e. The van der Waals surface area contributed by atoms with E-state index in [1.165, 1.54) is 6.07 Å². The zero-order valence-electron chi connectivity index (χ0n) is 14.5. The highest BCUT2D eigenvalue weighted by molar-refractivity contribution is 9.10. The van der Waals surface area contributed by atoms with Gasteiger partial charge in [0.1, 0.15) is 0 Å². The Morgan fingerprint density at radius 2 is 2.11 bits per heavy atom. The molecule has 0 fully saturated rings. The van der Waals surface area contributed by atoms with Crippen LogP contribution in [0.3, 0.4) is 0 Å². The highest BCUT2D eigenvalue weighted by atomic mass is 79.9. The molecule has 0 unspecified atom stereocenters. The zero-order chi connectivity index (χ0) is 19.2. The Hall–Kier alpha value is -2.23. The minimum Gasteiger partial charge on any atom is -0.359 e. The summed E-state index contributed by atoms with van der Waals surface area (Å²) in [5, 5.41) is 9.30. The lowest BCUT2D eigenvalue weighted by Gasteiger charge is -2.22. The summed E-state index contributed by atoms with van der Waals surface area (Å²) in [6.07, 6.45) is 0.727. The first-order chi connectivity index (χ1) is 12.8. The van der Waals surface area contributed by atoms with Gasteiger partial charge in [-0.3, -0.25) is 0 Å². The number of anilines is 1. The van der Waals surface area contributed by atoms with Gasteiger partial charge in [-0.25, -0.2) is 13.6 Å². The molecule has 9 heteroatoms. The smallest absolute Gasteiger partial charge is 0.246 e. The molecule has 27 heavy (non-hydrogen) atoms. The molecule has 7 nitrogen and oxygen atoms in total. The predicted molar refractivity (Wildman–Crippen MR) is 105 cm³/mol. The fourth-order valence-corrected chi connectivity index (χ4v) is 4.26. The molecule has 3 aromatic rings. The summed E-state index contributed by atoms with van der Waals surface area (Å²) >= 11 is 3.44. The third-order valence-electron chi connectivity index (χ3n) is 4.59. The predicted octanol–water partition coefficient (Wildman–Crippen LogP) is 3.10. The third-order valence-corrected chi connectivity index (χ3v) is 6.00. The van der Waals surface area contributed by atoms with E-state index in [1.54, 1.807) is 12.1 Å². The lowest BCUT2D eigenvalue weighted by Crippen LogP contribution is -2.28. The number of sulfonamides is 1. The number of nitrogens with zero attached hydrogens (tertiary/aromatic N) is 3. The molecular formula is C18H17BrN4O3S. The molecule has 0 saturated heterocycles. The van der Waals surface area contributed by atoms with Gasteiger partial charge in [-0.05, 0) is 49.2 Å². The number of primary sulfonamides is 1. The topological polar surface area (TPSA) is 102 Å². The normalized spacial score (nSPS) is 16.6. The molecule has 2 N–H and O–H groups in total. The van der Waals surface area contributed by atoms with Gasteiger partial charge in [-0.15, -0.1) is 0 Å². The summed E-state index contributed by atoms with van der Waals surface area (Å²) < 4.78 is 29.5. The van der Waals surface area contributed by atoms with Gasteiger partial charge in [0.25, 0.3) is 0 Å². The van der Waals surface area contributed by atoms with Crippen molar-refractivity contribution in [3.05, 3.63) is 58.4 Å². The number of benzene rings is 2. The Morgan fingerprint density at radius 3 is 2.85 bits per heavy atom. The fourth-order valence-electron chi connectivity index (χ4n) is 3.30. The standard InChI is InChI=1S/C18H17BrN4O3S/c1-11-7-13-9-15(27(20,24)25)5-6-16(13)23(11)10-17-21-18(22-26-17)12-3-2-4-14(19)8-12/h2-6,8-9,11H,7,10H2,1H3,(H2,20,24,25)/t11-/m1/s1. The highest BCUT2D eigenvalue weighted by Crippen LogP contribution is 2.34. The summed E-state index contributed by atoms with van der Waals surface area (Å²) in [7, 11) is -3.71. The molecule has 2 heterocycles. The summed E-state index contributed by atoms with van der Waals surface area (Å²) in [6.45, 7) is 2.52. The quantitative estimate of drug-likeness (QED) is 0.657. The number of halogens is 1. The average molecular weight is 449 g/mol. The van der Waals surface area contributed by atoms with Gasteiger partial charge >= 0.3 is 0 Å². The SMILES string of the molecule is C[C@@H]1Cc2cc(S(N)(=O)=O)ccc2N1Cc1nc(-c2cccc(Br)c2)no1. The molecule has 1 aliphatic rings. The van der Waals surface area contributed by atoms with Crippen LogP contribution in [0.2, 0.25) is 0 Å². The van der Waals surface area contributed by atoms with E-state index in [4.69, 9.17) is 9.66 Å². The van der Waals surface area contributed by atoms with Gasteiger partial charge in [0, 0.05) is 21.8 Å². The van der Waals surface area contributed by atoms with E-state index in [1.807, 2.05) is 24.3 Å². The minimum atomic E-state index is -3.71. The molecule has 1 aromatic heterocycles. The van der Waals surface area contributed by atoms with Gasteiger partial charge in [-0.2, -0.15) is 4.98 Å². The number of rotatable bonds is 4. The highest BCUT2D eigenvalue weighted by Gasteiger charge is 2.28. The molecule has 0 radical (unpaired) electrons. The van der Waals surface area contributed by atoms with E-state index in [2.05, 4.69) is 37.9 Å². The monoisotopic (exact) mass is 448 g/mol. The lowest BCUT2D eigenvalue weighted by molar-refractivity contribution is 0.374. The first-order valence-corrected chi connectivity index (χ1v) is 10.7. The number of nitrogens with two attached hydrogens (primary N) is 1. The zero-order valence-corrected chi connectivity index (χ0v) is 16.9. The Morgan fingerprint density at radius 1 is 1.30 bits per heavy atom. The second-order valence-electron chi connectivity index (χ2n) is 6.54. The van der Waals surface area contributed by atoms with Crippen LogP contribution in [0.4, 0.5) is 5.69 Å². The van der Waals surface area contributed by atoms with Crippen LogP contribution in [0.15, 0.2) is 56.4 Å². The van der Waals surface area contributed by atoms with Gasteiger partial charge < -0.3 is 9.42 Å². The molecular weight excluding hydrogens is 432 g/mol. The molecule has 1 aliphatic heterocycles. The fraction of sp³-hybridized carbons (Fsp3) is 0.222. The summed E-state index contributed by atoms with van der Waals surface area (Å²) in [5.74, 6) is 1.03. The Labute approximate surface area is 165 Å². The molecule has 0 amide bonds. The molecule has 1 atom stereocenters. The second kappa shape index (κ2) is 6.74. The van der Waals surface area contributed by atoms with Crippen molar-refractivity contribution in [2.24, 2.45) is 5.14 Å². The van der Waals surface area contributed by atoms with Crippen LogP contribution in [-0.2, 0) is 23.0 Å². The van der Waals surface area contributed by atoms with Crippen molar-refractivity contribution in [1.29, 1.82) is 0 Å². The molecule has 0 bridgehead atoms. The van der Waals surface area contributed by atoms with Crippen LogP contribution < -0.4 is 10.0 Å². The maximum Gasteiger partial charge on any atom is 0.246 e. The first-order valence-electron chi connectivity index (χ1n) is 8.32. The van der Waals surface area contributed by atoms with Crippen LogP contribution in [0, 0.1) is 0 Å². The van der Waals surface area contributed by atoms with E-state index in [0.29, 0.717) is 18.3 Å². The second-order valence-corrected chi connectivity index (χ2v) is 9.02. The molecule has 2 aromatic carbocycles. The average Bonchev–Trinajstić information content (AvgIpc) is 3.19. The van der Waals surface area contributed by atoms with Crippen LogP contribution in [0.25, 0.3) is 11.4 Å². The van der Waals surface area contributed by atoms with Gasteiger partial charge in [0.2, 0.25) is 21.7 Å². The van der Waals surface area contributed by atoms with Crippen molar-refractivity contribution in [3.8, 4) is 11.4 Å². The molecule has 0 spiro atoms. The van der Waals surface area contributed by atoms with Crippen molar-refractivity contribution in [2.45, 2.75) is 30.8 Å². The van der Waals surface area contributed by atoms with E-state index in [-0.39, 0.29) is 10.9 Å². The Kier molecular flexibility index (Phi) is 4.53. The van der Waals surface area contributed by atoms with Crippen LogP contribution in [-0.4, -0.2) is 24.6 Å². The van der Waals surface area contributed by atoms with Crippen molar-refractivity contribution in [2.75, 3.05) is 4.90 Å². The maximum atomic E-state index is 11.6. The van der Waals surface area contributed by atoms with Crippen LogP contribution in [0.1, 0.15) is 18.4 Å². The van der Waals surface area contributed by atoms with Crippen LogP contribution >= 0.6 is 15.9 Å². The summed E-state index contributed by atoms with van der Waals surface area (Å²) in [6, 6.07) is 12.8. The third kappa shape index (κ3) is 3.62. The van der Waals surface area contributed by atoms with Crippen molar-refractivity contribution >= 4 is 31.6 Å². The van der Waals surface area contributed by atoms with Gasteiger partial charge in [0.05, 0.1) is 11.4 Å². The van der Waals surface area contributed by atoms with Crippen molar-refractivity contribution in [1.82, 2.24) is 10.1 Å². The van der Waals surface area contributed by atoms with Crippen LogP contribution in [0.5, 0.6) is 0 Å². The molecule has 0 aliphatic carbocycles. The maximum absolute atomic E-state index is 11.6. The van der Waals surface area contributed by atoms with Crippen molar-refractivity contribution < 1.29 is 12.9 Å². The molecule has 4 rings (SSSR count). The van der Waals surface area contributed by atoms with E-state index in [9.17, 15) is 8.42 Å². The Balaban J connectivity index is 1.60. The molecule has 0 saturated carbocycles. The van der Waals surface area contributed by atoms with Crippen molar-refractivity contribution in [3.63, 3.8) is 0 Å². The number of aromatic nitrogens is 2. The summed E-state index contributed by atoms with van der Waals surface area (Å²) in [5.41, 5.74) is 2.77. The number of hydrogen-bond donors (Lipinski definition) is 1. The first kappa shape index (κ1) is 18.1. The van der Waals surface area contributed by atoms with Gasteiger partial charge in [0.15, 0.2) is 0 Å². The minimum absolute atomic E-state index is 0.130. The Bertz CT molecular complexity index is 1110. The van der Waals surface area contributed by atoms with E-state index in [0.717, 1.165) is 27.7 Å². The number of fused-ring (bicyclic) bond motifs is 1. The van der Waals surface area contributed by atoms with E-state index < -0.39 is 10.0 Å². The molecule has 140 valence electrons. The van der Waals surface area contributed by atoms with Gasteiger partial charge in [-0.1, -0.05) is 33.2 Å². The lowest BCUT2D eigenvalue weighted by atomic mass is 10.1. The number of hydrogen-bond acceptors (Lipinski definition) is 6. The van der Waals surface area contributed by atoms with E-state index >= 15 is 0 Å². The summed E-state index contributed by atoms with van der Waals surface area (Å²) in [4.78, 5) is 6.75.